The van der Waals surface area contributed by atoms with Crippen LogP contribution in [0.2, 0.25) is 5.02 Å². The van der Waals surface area contributed by atoms with Gasteiger partial charge in [-0.2, -0.15) is 0 Å². The molecule has 2 aromatic rings. The standard InChI is InChI=1S/C25H26ClNO5/c1-25(2)18-8-6-7-9-20(18)27(3)22(25)14-17(28)15-32-23(29)11-10-16-12-19(26)24(31-5)21(13-16)30-4/h6-14H,15H2,1-5H3. The van der Waals surface area contributed by atoms with E-state index < -0.39 is 5.97 Å². The number of fused-ring (bicyclic) bond motifs is 1. The van der Waals surface area contributed by atoms with Crippen LogP contribution in [0.1, 0.15) is 25.0 Å². The first-order valence-electron chi connectivity index (χ1n) is 10.0. The van der Waals surface area contributed by atoms with Crippen LogP contribution in [0.3, 0.4) is 0 Å². The van der Waals surface area contributed by atoms with Crippen molar-refractivity contribution in [1.29, 1.82) is 0 Å². The van der Waals surface area contributed by atoms with Crippen LogP contribution in [0.15, 0.2) is 54.2 Å². The highest BCUT2D eigenvalue weighted by Gasteiger charge is 2.38. The Morgan fingerprint density at radius 3 is 2.50 bits per heavy atom. The predicted molar refractivity (Wildman–Crippen MR) is 126 cm³/mol. The number of halogens is 1. The van der Waals surface area contributed by atoms with Crippen molar-refractivity contribution in [1.82, 2.24) is 0 Å². The average molecular weight is 456 g/mol. The van der Waals surface area contributed by atoms with Gasteiger partial charge in [0.15, 0.2) is 23.9 Å². The molecule has 0 fully saturated rings. The van der Waals surface area contributed by atoms with E-state index in [0.29, 0.717) is 22.1 Å². The normalized spacial score (nSPS) is 15.7. The third-order valence-electron chi connectivity index (χ3n) is 5.46. The van der Waals surface area contributed by atoms with Gasteiger partial charge < -0.3 is 19.1 Å². The molecule has 0 amide bonds. The zero-order chi connectivity index (χ0) is 23.5. The van der Waals surface area contributed by atoms with Crippen molar-refractivity contribution in [2.24, 2.45) is 0 Å². The molecule has 6 nitrogen and oxygen atoms in total. The van der Waals surface area contributed by atoms with Crippen molar-refractivity contribution in [3.8, 4) is 11.5 Å². The number of ketones is 1. The number of methoxy groups -OCH3 is 2. The predicted octanol–water partition coefficient (Wildman–Crippen LogP) is 4.79. The summed E-state index contributed by atoms with van der Waals surface area (Å²) >= 11 is 6.17. The molecule has 32 heavy (non-hydrogen) atoms. The minimum atomic E-state index is -0.634. The summed E-state index contributed by atoms with van der Waals surface area (Å²) in [5, 5.41) is 0.353. The molecular weight excluding hydrogens is 430 g/mol. The van der Waals surface area contributed by atoms with Gasteiger partial charge in [0.1, 0.15) is 0 Å². The summed E-state index contributed by atoms with van der Waals surface area (Å²) in [6.45, 7) is 3.79. The number of anilines is 1. The Morgan fingerprint density at radius 1 is 1.12 bits per heavy atom. The molecule has 0 unspecified atom stereocenters. The zero-order valence-corrected chi connectivity index (χ0v) is 19.5. The summed E-state index contributed by atoms with van der Waals surface area (Å²) < 4.78 is 15.6. The summed E-state index contributed by atoms with van der Waals surface area (Å²) in [4.78, 5) is 26.6. The molecule has 1 aliphatic heterocycles. The highest BCUT2D eigenvalue weighted by molar-refractivity contribution is 6.32. The number of rotatable bonds is 7. The molecule has 2 aromatic carbocycles. The van der Waals surface area contributed by atoms with Crippen LogP contribution in [0.5, 0.6) is 11.5 Å². The number of likely N-dealkylation sites (N-methyl/N-ethyl adjacent to an activating group) is 1. The number of ether oxygens (including phenoxy) is 3. The van der Waals surface area contributed by atoms with Gasteiger partial charge in [-0.25, -0.2) is 4.79 Å². The molecule has 0 N–H and O–H groups in total. The van der Waals surface area contributed by atoms with Gasteiger partial charge in [0.2, 0.25) is 0 Å². The van der Waals surface area contributed by atoms with Crippen molar-refractivity contribution in [3.05, 3.63) is 70.4 Å². The van der Waals surface area contributed by atoms with Crippen LogP contribution >= 0.6 is 11.6 Å². The maximum Gasteiger partial charge on any atom is 0.331 e. The van der Waals surface area contributed by atoms with E-state index in [1.807, 2.05) is 30.1 Å². The van der Waals surface area contributed by atoms with E-state index in [4.69, 9.17) is 25.8 Å². The molecule has 3 rings (SSSR count). The summed E-state index contributed by atoms with van der Waals surface area (Å²) in [5.41, 5.74) is 3.37. The highest BCUT2D eigenvalue weighted by atomic mass is 35.5. The number of benzene rings is 2. The van der Waals surface area contributed by atoms with Crippen LogP contribution in [-0.4, -0.2) is 39.6 Å². The molecule has 168 valence electrons. The Morgan fingerprint density at radius 2 is 1.84 bits per heavy atom. The molecule has 0 bridgehead atoms. The van der Waals surface area contributed by atoms with E-state index in [1.54, 1.807) is 18.2 Å². The monoisotopic (exact) mass is 455 g/mol. The van der Waals surface area contributed by atoms with Crippen molar-refractivity contribution in [3.63, 3.8) is 0 Å². The van der Waals surface area contributed by atoms with Crippen LogP contribution in [0, 0.1) is 0 Å². The first-order valence-corrected chi connectivity index (χ1v) is 10.4. The van der Waals surface area contributed by atoms with E-state index in [9.17, 15) is 9.59 Å². The van der Waals surface area contributed by atoms with Gasteiger partial charge in [-0.15, -0.1) is 0 Å². The number of para-hydroxylation sites is 1. The number of esters is 1. The largest absolute Gasteiger partial charge is 0.493 e. The number of carbonyl (C=O) groups is 2. The Bertz CT molecular complexity index is 1100. The summed E-state index contributed by atoms with van der Waals surface area (Å²) in [7, 11) is 4.92. The molecule has 0 spiro atoms. The fourth-order valence-electron chi connectivity index (χ4n) is 3.84. The smallest absolute Gasteiger partial charge is 0.331 e. The minimum Gasteiger partial charge on any atom is -0.493 e. The molecular formula is C25H26ClNO5. The molecule has 0 saturated heterocycles. The van der Waals surface area contributed by atoms with Crippen LogP contribution in [0.4, 0.5) is 5.69 Å². The number of allylic oxidation sites excluding steroid dienone is 1. The summed E-state index contributed by atoms with van der Waals surface area (Å²) in [6, 6.07) is 11.3. The lowest BCUT2D eigenvalue weighted by molar-refractivity contribution is -0.141. The Hall–Kier alpha value is -3.25. The molecule has 0 saturated carbocycles. The van der Waals surface area contributed by atoms with Gasteiger partial charge in [-0.3, -0.25) is 4.79 Å². The Labute approximate surface area is 193 Å². The van der Waals surface area contributed by atoms with Crippen molar-refractivity contribution < 1.29 is 23.8 Å². The maximum absolute atomic E-state index is 12.5. The fourth-order valence-corrected chi connectivity index (χ4v) is 4.14. The molecule has 0 aromatic heterocycles. The molecule has 0 radical (unpaired) electrons. The average Bonchev–Trinajstić information content (AvgIpc) is 2.96. The lowest BCUT2D eigenvalue weighted by atomic mass is 9.83. The van der Waals surface area contributed by atoms with Gasteiger partial charge in [-0.05, 0) is 35.4 Å². The third-order valence-corrected chi connectivity index (χ3v) is 5.74. The number of hydrogen-bond acceptors (Lipinski definition) is 6. The number of nitrogens with zero attached hydrogens (tertiary/aromatic N) is 1. The number of hydrogen-bond donors (Lipinski definition) is 0. The molecule has 7 heteroatoms. The maximum atomic E-state index is 12.5. The highest BCUT2D eigenvalue weighted by Crippen LogP contribution is 2.46. The van der Waals surface area contributed by atoms with E-state index >= 15 is 0 Å². The zero-order valence-electron chi connectivity index (χ0n) is 18.8. The third kappa shape index (κ3) is 4.65. The fraction of sp³-hybridized carbons (Fsp3) is 0.280. The van der Waals surface area contributed by atoms with Crippen molar-refractivity contribution >= 4 is 35.1 Å². The van der Waals surface area contributed by atoms with Gasteiger partial charge in [0, 0.05) is 36.0 Å². The van der Waals surface area contributed by atoms with Crippen LogP contribution in [0.25, 0.3) is 6.08 Å². The van der Waals surface area contributed by atoms with E-state index in [1.165, 1.54) is 26.4 Å². The second-order valence-corrected chi connectivity index (χ2v) is 8.28. The lowest BCUT2D eigenvalue weighted by Gasteiger charge is -2.23. The van der Waals surface area contributed by atoms with Gasteiger partial charge in [-0.1, -0.05) is 43.6 Å². The molecule has 0 aliphatic carbocycles. The summed E-state index contributed by atoms with van der Waals surface area (Å²) in [5.74, 6) is -0.0674. The van der Waals surface area contributed by atoms with E-state index in [2.05, 4.69) is 19.9 Å². The van der Waals surface area contributed by atoms with Crippen LogP contribution in [-0.2, 0) is 19.7 Å². The number of carbonyl (C=O) groups excluding carboxylic acids is 2. The Kier molecular flexibility index (Phi) is 6.94. The summed E-state index contributed by atoms with van der Waals surface area (Å²) in [6.07, 6.45) is 4.31. The van der Waals surface area contributed by atoms with E-state index in [0.717, 1.165) is 16.9 Å². The molecule has 1 aliphatic rings. The topological polar surface area (TPSA) is 65.1 Å². The first-order chi connectivity index (χ1) is 15.2. The van der Waals surface area contributed by atoms with Crippen molar-refractivity contribution in [2.75, 3.05) is 32.8 Å². The lowest BCUT2D eigenvalue weighted by Crippen LogP contribution is -2.25. The minimum absolute atomic E-state index is 0.288. The SMILES string of the molecule is COc1cc(C=CC(=O)OCC(=O)C=C2N(C)c3ccccc3C2(C)C)cc(Cl)c1OC. The molecule has 0 atom stereocenters. The second-order valence-electron chi connectivity index (χ2n) is 7.88. The second kappa shape index (κ2) is 9.49. The van der Waals surface area contributed by atoms with Crippen LogP contribution < -0.4 is 14.4 Å². The quantitative estimate of drug-likeness (QED) is 0.441. The van der Waals surface area contributed by atoms with Gasteiger partial charge >= 0.3 is 5.97 Å². The first kappa shape index (κ1) is 23.4. The van der Waals surface area contributed by atoms with Gasteiger partial charge in [0.25, 0.3) is 0 Å². The van der Waals surface area contributed by atoms with Crippen molar-refractivity contribution in [2.45, 2.75) is 19.3 Å². The Balaban J connectivity index is 1.65. The molecule has 1 heterocycles. The van der Waals surface area contributed by atoms with Gasteiger partial charge in [0.05, 0.1) is 19.2 Å². The van der Waals surface area contributed by atoms with E-state index in [-0.39, 0.29) is 17.8 Å².